The molecule has 0 saturated carbocycles. The van der Waals surface area contributed by atoms with Gasteiger partial charge in [0.1, 0.15) is 12.1 Å². The van der Waals surface area contributed by atoms with Gasteiger partial charge in [-0.25, -0.2) is 0 Å². The van der Waals surface area contributed by atoms with Gasteiger partial charge in [-0.2, -0.15) is 13.2 Å². The first-order valence-electron chi connectivity index (χ1n) is 14.2. The van der Waals surface area contributed by atoms with Crippen molar-refractivity contribution < 1.29 is 27.6 Å². The molecule has 2 saturated heterocycles. The summed E-state index contributed by atoms with van der Waals surface area (Å²) in [6, 6.07) is 17.8. The highest BCUT2D eigenvalue weighted by atomic mass is 35.5. The summed E-state index contributed by atoms with van der Waals surface area (Å²) in [6.45, 7) is 1.18. The van der Waals surface area contributed by atoms with Crippen molar-refractivity contribution >= 4 is 29.3 Å². The van der Waals surface area contributed by atoms with Gasteiger partial charge in [-0.1, -0.05) is 60.1 Å². The van der Waals surface area contributed by atoms with Crippen LogP contribution in [0.25, 0.3) is 11.1 Å². The standard InChI is InChI=1S/C32H30ClF3N4O3/c33-24-8-6-21(7-9-24)25-4-2-1-3-22(25)17-38-13-14-39(28(19-38)32(34,35)36)16-20-5-10-26-23(15-20)18-40(31(26)43)27-11-12-29(41)37-30(27)42/h1-10,15,27-28H,11-14,16-19H2,(H,37,41,42). The average molecular weight is 611 g/mol. The third kappa shape index (κ3) is 6.18. The van der Waals surface area contributed by atoms with E-state index in [4.69, 9.17) is 11.6 Å². The summed E-state index contributed by atoms with van der Waals surface area (Å²) >= 11 is 6.05. The molecule has 3 aromatic carbocycles. The van der Waals surface area contributed by atoms with Crippen molar-refractivity contribution in [1.82, 2.24) is 20.0 Å². The van der Waals surface area contributed by atoms with Crippen molar-refractivity contribution in [2.45, 2.75) is 50.7 Å². The highest BCUT2D eigenvalue weighted by Crippen LogP contribution is 2.33. The summed E-state index contributed by atoms with van der Waals surface area (Å²) in [5, 5.41) is 2.89. The predicted molar refractivity (Wildman–Crippen MR) is 155 cm³/mol. The molecule has 2 atom stereocenters. The van der Waals surface area contributed by atoms with Crippen molar-refractivity contribution in [3.05, 3.63) is 94.0 Å². The number of piperidine rings is 1. The van der Waals surface area contributed by atoms with E-state index >= 15 is 0 Å². The Labute approximate surface area is 252 Å². The molecule has 3 heterocycles. The van der Waals surface area contributed by atoms with Gasteiger partial charge < -0.3 is 4.90 Å². The molecule has 0 aliphatic carbocycles. The van der Waals surface area contributed by atoms with E-state index in [9.17, 15) is 27.6 Å². The van der Waals surface area contributed by atoms with Crippen molar-refractivity contribution in [2.75, 3.05) is 19.6 Å². The molecule has 3 amide bonds. The van der Waals surface area contributed by atoms with Crippen LogP contribution in [0.15, 0.2) is 66.7 Å². The lowest BCUT2D eigenvalue weighted by Crippen LogP contribution is -2.58. The largest absolute Gasteiger partial charge is 0.405 e. The van der Waals surface area contributed by atoms with E-state index in [2.05, 4.69) is 5.32 Å². The number of nitrogens with zero attached hydrogens (tertiary/aromatic N) is 3. The molecular weight excluding hydrogens is 581 g/mol. The van der Waals surface area contributed by atoms with E-state index in [1.165, 1.54) is 9.80 Å². The van der Waals surface area contributed by atoms with Crippen molar-refractivity contribution in [1.29, 1.82) is 0 Å². The lowest BCUT2D eigenvalue weighted by atomic mass is 9.98. The zero-order valence-corrected chi connectivity index (χ0v) is 24.0. The van der Waals surface area contributed by atoms with Gasteiger partial charge >= 0.3 is 6.18 Å². The fraction of sp³-hybridized carbons (Fsp3) is 0.344. The van der Waals surface area contributed by atoms with E-state index in [0.717, 1.165) is 16.7 Å². The maximum absolute atomic E-state index is 14.4. The number of hydrogen-bond acceptors (Lipinski definition) is 5. The molecule has 2 unspecified atom stereocenters. The topological polar surface area (TPSA) is 73.0 Å². The molecule has 43 heavy (non-hydrogen) atoms. The second-order valence-electron chi connectivity index (χ2n) is 11.3. The fourth-order valence-corrected chi connectivity index (χ4v) is 6.42. The Hall–Kier alpha value is -3.73. The van der Waals surface area contributed by atoms with Gasteiger partial charge in [-0.3, -0.25) is 29.5 Å². The Morgan fingerprint density at radius 3 is 2.42 bits per heavy atom. The zero-order valence-electron chi connectivity index (χ0n) is 23.2. The number of piperazine rings is 1. The number of amides is 3. The highest BCUT2D eigenvalue weighted by molar-refractivity contribution is 6.30. The van der Waals surface area contributed by atoms with Crippen LogP contribution in [0.3, 0.4) is 0 Å². The Morgan fingerprint density at radius 2 is 1.67 bits per heavy atom. The van der Waals surface area contributed by atoms with Crippen LogP contribution in [0, 0.1) is 0 Å². The summed E-state index contributed by atoms with van der Waals surface area (Å²) in [5.41, 5.74) is 4.65. The van der Waals surface area contributed by atoms with Crippen LogP contribution in [0.2, 0.25) is 5.02 Å². The number of carbonyl (C=O) groups excluding carboxylic acids is 3. The Bertz CT molecular complexity index is 1560. The monoisotopic (exact) mass is 610 g/mol. The van der Waals surface area contributed by atoms with Gasteiger partial charge in [0.15, 0.2) is 0 Å². The molecule has 7 nitrogen and oxygen atoms in total. The van der Waals surface area contributed by atoms with Crippen molar-refractivity contribution in [2.24, 2.45) is 0 Å². The van der Waals surface area contributed by atoms with Gasteiger partial charge in [-0.15, -0.1) is 0 Å². The summed E-state index contributed by atoms with van der Waals surface area (Å²) in [7, 11) is 0. The van der Waals surface area contributed by atoms with E-state index in [1.54, 1.807) is 30.3 Å². The molecule has 0 aromatic heterocycles. The maximum atomic E-state index is 14.4. The lowest BCUT2D eigenvalue weighted by Gasteiger charge is -2.42. The van der Waals surface area contributed by atoms with Gasteiger partial charge in [-0.05, 0) is 52.4 Å². The molecule has 6 rings (SSSR count). The summed E-state index contributed by atoms with van der Waals surface area (Å²) in [5.74, 6) is -1.17. The predicted octanol–water partition coefficient (Wildman–Crippen LogP) is 5.02. The Morgan fingerprint density at radius 1 is 0.907 bits per heavy atom. The summed E-state index contributed by atoms with van der Waals surface area (Å²) < 4.78 is 43.2. The number of nitrogens with one attached hydrogen (secondary N) is 1. The number of benzene rings is 3. The van der Waals surface area contributed by atoms with Gasteiger partial charge in [0.25, 0.3) is 5.91 Å². The van der Waals surface area contributed by atoms with E-state index in [1.807, 2.05) is 41.3 Å². The molecule has 0 spiro atoms. The normalized spacial score (nSPS) is 21.7. The van der Waals surface area contributed by atoms with Crippen LogP contribution in [-0.4, -0.2) is 70.3 Å². The number of carbonyl (C=O) groups is 3. The molecular formula is C32H30ClF3N4O3. The van der Waals surface area contributed by atoms with Crippen molar-refractivity contribution in [3.63, 3.8) is 0 Å². The van der Waals surface area contributed by atoms with E-state index < -0.39 is 24.2 Å². The highest BCUT2D eigenvalue weighted by Gasteiger charge is 2.46. The molecule has 3 aliphatic heterocycles. The lowest BCUT2D eigenvalue weighted by molar-refractivity contribution is -0.199. The number of hydrogen-bond donors (Lipinski definition) is 1. The van der Waals surface area contributed by atoms with Crippen LogP contribution >= 0.6 is 11.6 Å². The van der Waals surface area contributed by atoms with Crippen molar-refractivity contribution in [3.8, 4) is 11.1 Å². The van der Waals surface area contributed by atoms with Crippen LogP contribution in [-0.2, 0) is 29.2 Å². The smallest absolute Gasteiger partial charge is 0.322 e. The molecule has 0 radical (unpaired) electrons. The Balaban J connectivity index is 1.15. The summed E-state index contributed by atoms with van der Waals surface area (Å²) in [4.78, 5) is 41.6. The first-order valence-corrected chi connectivity index (χ1v) is 14.6. The number of fused-ring (bicyclic) bond motifs is 1. The zero-order chi connectivity index (χ0) is 30.3. The minimum Gasteiger partial charge on any atom is -0.322 e. The number of alkyl halides is 3. The van der Waals surface area contributed by atoms with Crippen LogP contribution < -0.4 is 5.32 Å². The Kier molecular flexibility index (Phi) is 8.02. The second-order valence-corrected chi connectivity index (χ2v) is 11.8. The summed E-state index contributed by atoms with van der Waals surface area (Å²) in [6.07, 6.45) is -4.03. The van der Waals surface area contributed by atoms with Crippen LogP contribution in [0.4, 0.5) is 13.2 Å². The van der Waals surface area contributed by atoms with Gasteiger partial charge in [0.05, 0.1) is 0 Å². The minimum absolute atomic E-state index is 0.0826. The second kappa shape index (κ2) is 11.7. The molecule has 0 bridgehead atoms. The van der Waals surface area contributed by atoms with Gasteiger partial charge in [0.2, 0.25) is 11.8 Å². The molecule has 3 aliphatic rings. The number of halogens is 4. The molecule has 224 valence electrons. The van der Waals surface area contributed by atoms with Gasteiger partial charge in [0, 0.05) is 56.3 Å². The number of rotatable bonds is 6. The molecule has 2 fully saturated rings. The van der Waals surface area contributed by atoms with E-state index in [-0.39, 0.29) is 50.8 Å². The molecule has 3 aromatic rings. The quantitative estimate of drug-likeness (QED) is 0.397. The average Bonchev–Trinajstić information content (AvgIpc) is 3.29. The van der Waals surface area contributed by atoms with Crippen LogP contribution in [0.1, 0.15) is 39.9 Å². The first-order chi connectivity index (χ1) is 20.6. The SMILES string of the molecule is O=C1CCC(N2Cc3cc(CN4CCN(Cc5ccccc5-c5ccc(Cl)cc5)CC4C(F)(F)F)ccc3C2=O)C(=O)N1. The number of imide groups is 1. The third-order valence-electron chi connectivity index (χ3n) is 8.49. The molecule has 11 heteroatoms. The minimum atomic E-state index is -4.43. The van der Waals surface area contributed by atoms with Crippen LogP contribution in [0.5, 0.6) is 0 Å². The maximum Gasteiger partial charge on any atom is 0.405 e. The van der Waals surface area contributed by atoms with E-state index in [0.29, 0.717) is 34.8 Å². The first kappa shape index (κ1) is 29.3. The third-order valence-corrected chi connectivity index (χ3v) is 8.75. The molecule has 1 N–H and O–H groups in total. The fourth-order valence-electron chi connectivity index (χ4n) is 6.29.